The first-order valence-corrected chi connectivity index (χ1v) is 9.84. The number of esters is 1. The zero-order valence-corrected chi connectivity index (χ0v) is 16.8. The van der Waals surface area contributed by atoms with Gasteiger partial charge in [0.15, 0.2) is 0 Å². The molecule has 146 valence electrons. The summed E-state index contributed by atoms with van der Waals surface area (Å²) in [5.41, 5.74) is 3.47. The second kappa shape index (κ2) is 7.20. The van der Waals surface area contributed by atoms with Crippen molar-refractivity contribution in [3.63, 3.8) is 0 Å². The van der Waals surface area contributed by atoms with Crippen LogP contribution >= 0.6 is 0 Å². The molecule has 0 saturated carbocycles. The van der Waals surface area contributed by atoms with Crippen molar-refractivity contribution in [3.8, 4) is 5.75 Å². The predicted molar refractivity (Wildman–Crippen MR) is 121 cm³/mol. The fourth-order valence-electron chi connectivity index (χ4n) is 3.91. The number of benzene rings is 4. The van der Waals surface area contributed by atoms with Crippen LogP contribution in [-0.4, -0.2) is 13.1 Å². The van der Waals surface area contributed by atoms with Crippen LogP contribution in [0.15, 0.2) is 84.4 Å². The number of carbonyl (C=O) groups is 1. The third-order valence-electron chi connectivity index (χ3n) is 5.46. The zero-order chi connectivity index (χ0) is 20.7. The molecule has 0 aromatic heterocycles. The number of aryl methyl sites for hydroxylation is 1. The van der Waals surface area contributed by atoms with E-state index in [2.05, 4.69) is 37.3 Å². The molecule has 0 N–H and O–H groups in total. The van der Waals surface area contributed by atoms with Gasteiger partial charge in [0.2, 0.25) is 0 Å². The van der Waals surface area contributed by atoms with E-state index in [1.54, 1.807) is 13.2 Å². The average Bonchev–Trinajstić information content (AvgIpc) is 3.14. The molecule has 0 radical (unpaired) electrons. The molecule has 4 aromatic rings. The van der Waals surface area contributed by atoms with E-state index in [1.807, 2.05) is 48.5 Å². The first-order valence-electron chi connectivity index (χ1n) is 9.84. The maximum Gasteiger partial charge on any atom is 0.343 e. The molecule has 0 fully saturated rings. The fraction of sp³-hybridized carbons (Fsp3) is 0.0741. The van der Waals surface area contributed by atoms with Gasteiger partial charge in [-0.3, -0.25) is 0 Å². The van der Waals surface area contributed by atoms with Crippen molar-refractivity contribution >= 4 is 39.3 Å². The fourth-order valence-corrected chi connectivity index (χ4v) is 3.91. The van der Waals surface area contributed by atoms with Gasteiger partial charge in [-0.2, -0.15) is 0 Å². The second-order valence-corrected chi connectivity index (χ2v) is 7.47. The van der Waals surface area contributed by atoms with Crippen molar-refractivity contribution in [1.29, 1.82) is 0 Å². The average molecular weight is 392 g/mol. The van der Waals surface area contributed by atoms with E-state index >= 15 is 0 Å². The summed E-state index contributed by atoms with van der Waals surface area (Å²) in [7, 11) is 1.64. The Morgan fingerprint density at radius 1 is 0.867 bits per heavy atom. The third kappa shape index (κ3) is 3.15. The van der Waals surface area contributed by atoms with Gasteiger partial charge in [0.1, 0.15) is 11.5 Å². The zero-order valence-electron chi connectivity index (χ0n) is 16.8. The van der Waals surface area contributed by atoms with Gasteiger partial charge in [-0.1, -0.05) is 66.2 Å². The van der Waals surface area contributed by atoms with Crippen molar-refractivity contribution in [1.82, 2.24) is 0 Å². The van der Waals surface area contributed by atoms with E-state index < -0.39 is 0 Å². The minimum Gasteiger partial charge on any atom is -0.496 e. The summed E-state index contributed by atoms with van der Waals surface area (Å²) in [6, 6.07) is 24.4. The number of ether oxygens (including phenoxy) is 2. The molecule has 0 spiro atoms. The maximum atomic E-state index is 12.6. The van der Waals surface area contributed by atoms with E-state index in [1.165, 1.54) is 10.9 Å². The van der Waals surface area contributed by atoms with Crippen molar-refractivity contribution in [3.05, 3.63) is 101 Å². The highest BCUT2D eigenvalue weighted by molar-refractivity contribution is 6.07. The molecular formula is C27H20O3. The summed E-state index contributed by atoms with van der Waals surface area (Å²) < 4.78 is 11.2. The van der Waals surface area contributed by atoms with Gasteiger partial charge in [-0.25, -0.2) is 4.79 Å². The molecule has 0 amide bonds. The monoisotopic (exact) mass is 392 g/mol. The van der Waals surface area contributed by atoms with Gasteiger partial charge >= 0.3 is 5.97 Å². The summed E-state index contributed by atoms with van der Waals surface area (Å²) in [6.07, 6.45) is 3.65. The number of carbonyl (C=O) groups excluding carboxylic acids is 1. The highest BCUT2D eigenvalue weighted by Gasteiger charge is 2.23. The molecule has 1 heterocycles. The van der Waals surface area contributed by atoms with E-state index in [0.717, 1.165) is 33.0 Å². The van der Waals surface area contributed by atoms with Gasteiger partial charge in [-0.15, -0.1) is 0 Å². The summed E-state index contributed by atoms with van der Waals surface area (Å²) in [5.74, 6) is 0.925. The Labute approximate surface area is 174 Å². The van der Waals surface area contributed by atoms with Crippen molar-refractivity contribution in [2.45, 2.75) is 6.92 Å². The van der Waals surface area contributed by atoms with Crippen LogP contribution in [0.4, 0.5) is 0 Å². The van der Waals surface area contributed by atoms with Crippen molar-refractivity contribution in [2.24, 2.45) is 0 Å². The Balaban J connectivity index is 1.60. The highest BCUT2D eigenvalue weighted by Crippen LogP contribution is 2.34. The summed E-state index contributed by atoms with van der Waals surface area (Å²) in [4.78, 5) is 12.6. The molecule has 30 heavy (non-hydrogen) atoms. The smallest absolute Gasteiger partial charge is 0.343 e. The second-order valence-electron chi connectivity index (χ2n) is 7.47. The minimum atomic E-state index is -0.357. The molecule has 0 atom stereocenters. The Hall–Kier alpha value is -3.85. The van der Waals surface area contributed by atoms with Gasteiger partial charge < -0.3 is 9.47 Å². The first-order chi connectivity index (χ1) is 14.6. The van der Waals surface area contributed by atoms with E-state index in [-0.39, 0.29) is 5.97 Å². The third-order valence-corrected chi connectivity index (χ3v) is 5.46. The molecule has 0 bridgehead atoms. The van der Waals surface area contributed by atoms with Crippen LogP contribution in [-0.2, 0) is 9.53 Å². The molecule has 5 rings (SSSR count). The predicted octanol–water partition coefficient (Wildman–Crippen LogP) is 6.29. The van der Waals surface area contributed by atoms with Crippen LogP contribution in [0.1, 0.15) is 16.7 Å². The summed E-state index contributed by atoms with van der Waals surface area (Å²) in [6.45, 7) is 2.08. The Kier molecular flexibility index (Phi) is 4.36. The standard InChI is InChI=1S/C27H20O3/c1-17-7-8-20-14-21(10-9-19(20)13-17)26-16-22(27(28)30-26)15-24-23-6-4-3-5-18(23)11-12-25(24)29-2/h3-16H,1-2H3. The van der Waals surface area contributed by atoms with E-state index in [0.29, 0.717) is 11.3 Å². The molecule has 1 aliphatic rings. The van der Waals surface area contributed by atoms with E-state index in [9.17, 15) is 4.79 Å². The van der Waals surface area contributed by atoms with Gasteiger partial charge in [-0.05, 0) is 52.8 Å². The van der Waals surface area contributed by atoms with Gasteiger partial charge in [0.25, 0.3) is 0 Å². The lowest BCUT2D eigenvalue weighted by Crippen LogP contribution is -1.98. The number of cyclic esters (lactones) is 1. The highest BCUT2D eigenvalue weighted by atomic mass is 16.5. The normalized spacial score (nSPS) is 14.9. The quantitative estimate of drug-likeness (QED) is 0.303. The Bertz CT molecular complexity index is 1380. The van der Waals surface area contributed by atoms with Crippen molar-refractivity contribution < 1.29 is 14.3 Å². The number of hydrogen-bond acceptors (Lipinski definition) is 3. The molecule has 0 saturated heterocycles. The molecule has 3 nitrogen and oxygen atoms in total. The van der Waals surface area contributed by atoms with Crippen LogP contribution in [0.5, 0.6) is 5.75 Å². The van der Waals surface area contributed by atoms with Crippen LogP contribution in [0, 0.1) is 6.92 Å². The SMILES string of the molecule is COc1ccc2ccccc2c1C=C1C=C(c2ccc3cc(C)ccc3c2)OC1=O. The molecule has 4 aromatic carbocycles. The first kappa shape index (κ1) is 18.2. The number of rotatable bonds is 3. The topological polar surface area (TPSA) is 35.5 Å². The minimum absolute atomic E-state index is 0.357. The number of hydrogen-bond donors (Lipinski definition) is 0. The Morgan fingerprint density at radius 3 is 2.50 bits per heavy atom. The van der Waals surface area contributed by atoms with Crippen molar-refractivity contribution in [2.75, 3.05) is 7.11 Å². The molecule has 3 heteroatoms. The van der Waals surface area contributed by atoms with Gasteiger partial charge in [0.05, 0.1) is 12.7 Å². The number of fused-ring (bicyclic) bond motifs is 2. The van der Waals surface area contributed by atoms with E-state index in [4.69, 9.17) is 9.47 Å². The van der Waals surface area contributed by atoms with Crippen LogP contribution in [0.3, 0.4) is 0 Å². The van der Waals surface area contributed by atoms with Crippen LogP contribution in [0.25, 0.3) is 33.4 Å². The molecule has 0 aliphatic carbocycles. The largest absolute Gasteiger partial charge is 0.496 e. The van der Waals surface area contributed by atoms with Crippen LogP contribution < -0.4 is 4.74 Å². The van der Waals surface area contributed by atoms with Gasteiger partial charge in [0, 0.05) is 11.1 Å². The van der Waals surface area contributed by atoms with Crippen LogP contribution in [0.2, 0.25) is 0 Å². The lowest BCUT2D eigenvalue weighted by atomic mass is 10.0. The molecule has 1 aliphatic heterocycles. The lowest BCUT2D eigenvalue weighted by molar-refractivity contribution is -0.130. The maximum absolute atomic E-state index is 12.6. The lowest BCUT2D eigenvalue weighted by Gasteiger charge is -2.09. The Morgan fingerprint density at radius 2 is 1.63 bits per heavy atom. The molecular weight excluding hydrogens is 372 g/mol. The number of methoxy groups -OCH3 is 1. The molecule has 0 unspecified atom stereocenters. The summed E-state index contributed by atoms with van der Waals surface area (Å²) >= 11 is 0. The summed E-state index contributed by atoms with van der Waals surface area (Å²) in [5, 5.41) is 4.40.